The molecule has 0 saturated carbocycles. The van der Waals surface area contributed by atoms with Gasteiger partial charge in [-0.3, -0.25) is 4.79 Å². The van der Waals surface area contributed by atoms with E-state index in [1.165, 1.54) is 0 Å². The van der Waals surface area contributed by atoms with Gasteiger partial charge in [0.25, 0.3) is 5.91 Å². The molecule has 2 aromatic rings. The molecule has 0 fully saturated rings. The molecule has 0 spiro atoms. The number of carbonyl (C=O) groups is 1. The zero-order chi connectivity index (χ0) is 12.4. The molecule has 5 heteroatoms. The predicted octanol–water partition coefficient (Wildman–Crippen LogP) is 4.57. The average molecular weight is 378 g/mol. The summed E-state index contributed by atoms with van der Waals surface area (Å²) in [6, 6.07) is 7.41. The molecule has 0 aliphatic rings. The number of benzene rings is 1. The molecule has 0 aliphatic heterocycles. The number of nitrogens with one attached hydrogen (secondary N) is 1. The van der Waals surface area contributed by atoms with Crippen molar-refractivity contribution in [1.29, 1.82) is 0 Å². The van der Waals surface area contributed by atoms with E-state index in [1.807, 2.05) is 36.6 Å². The van der Waals surface area contributed by atoms with E-state index in [-0.39, 0.29) is 5.91 Å². The molecule has 1 heterocycles. The Labute approximate surface area is 122 Å². The fraction of sp³-hybridized carbons (Fsp3) is 0.0833. The molecule has 1 aromatic carbocycles. The van der Waals surface area contributed by atoms with Crippen LogP contribution in [0.5, 0.6) is 0 Å². The van der Waals surface area contributed by atoms with Crippen LogP contribution < -0.4 is 5.32 Å². The maximum atomic E-state index is 11.9. The van der Waals surface area contributed by atoms with Gasteiger partial charge in [-0.2, -0.15) is 0 Å². The number of aryl methyl sites for hydroxylation is 1. The highest BCUT2D eigenvalue weighted by Crippen LogP contribution is 2.24. The van der Waals surface area contributed by atoms with Crippen LogP contribution in [0, 0.1) is 9.81 Å². The quantitative estimate of drug-likeness (QED) is 0.763. The van der Waals surface area contributed by atoms with E-state index in [2.05, 4.69) is 27.9 Å². The van der Waals surface area contributed by atoms with Crippen LogP contribution in [-0.4, -0.2) is 5.91 Å². The first kappa shape index (κ1) is 12.9. The van der Waals surface area contributed by atoms with Crippen LogP contribution in [0.2, 0.25) is 5.02 Å². The first-order valence-corrected chi connectivity index (χ1v) is 7.21. The van der Waals surface area contributed by atoms with Gasteiger partial charge in [-0.15, -0.1) is 11.3 Å². The van der Waals surface area contributed by atoms with Gasteiger partial charge < -0.3 is 5.32 Å². The van der Waals surface area contributed by atoms with E-state index in [0.717, 1.165) is 8.45 Å². The number of carbonyl (C=O) groups excluding carboxylic acids is 1. The van der Waals surface area contributed by atoms with Crippen LogP contribution in [0.3, 0.4) is 0 Å². The molecular weight excluding hydrogens is 369 g/mol. The first-order chi connectivity index (χ1) is 8.06. The summed E-state index contributed by atoms with van der Waals surface area (Å²) in [7, 11) is 0. The number of thiophene rings is 1. The number of hydrogen-bond acceptors (Lipinski definition) is 2. The molecule has 0 unspecified atom stereocenters. The molecular formula is C12H9ClINOS. The smallest absolute Gasteiger partial charge is 0.256 e. The van der Waals surface area contributed by atoms with Crippen molar-refractivity contribution in [3.05, 3.63) is 48.7 Å². The Balaban J connectivity index is 2.18. The van der Waals surface area contributed by atoms with Crippen LogP contribution in [0.15, 0.2) is 29.6 Å². The Kier molecular flexibility index (Phi) is 4.06. The molecule has 17 heavy (non-hydrogen) atoms. The zero-order valence-corrected chi connectivity index (χ0v) is 12.7. The number of hydrogen-bond donors (Lipinski definition) is 1. The lowest BCUT2D eigenvalue weighted by Gasteiger charge is -2.06. The Hall–Kier alpha value is -0.590. The van der Waals surface area contributed by atoms with Gasteiger partial charge in [0.05, 0.1) is 19.2 Å². The van der Waals surface area contributed by atoms with Crippen molar-refractivity contribution in [3.63, 3.8) is 0 Å². The summed E-state index contributed by atoms with van der Waals surface area (Å²) in [5.41, 5.74) is 2.37. The molecule has 1 aromatic heterocycles. The summed E-state index contributed by atoms with van der Waals surface area (Å²) in [5, 5.41) is 5.19. The fourth-order valence-corrected chi connectivity index (χ4v) is 2.95. The third kappa shape index (κ3) is 3.20. The largest absolute Gasteiger partial charge is 0.321 e. The van der Waals surface area contributed by atoms with Gasteiger partial charge in [0.1, 0.15) is 0 Å². The van der Waals surface area contributed by atoms with Gasteiger partial charge in [0.15, 0.2) is 0 Å². The monoisotopic (exact) mass is 377 g/mol. The van der Waals surface area contributed by atoms with Crippen molar-refractivity contribution < 1.29 is 4.79 Å². The van der Waals surface area contributed by atoms with Crippen molar-refractivity contribution in [2.75, 3.05) is 5.32 Å². The highest BCUT2D eigenvalue weighted by Gasteiger charge is 2.10. The molecule has 2 rings (SSSR count). The molecule has 0 radical (unpaired) electrons. The molecule has 1 amide bonds. The minimum atomic E-state index is -0.130. The van der Waals surface area contributed by atoms with Crippen molar-refractivity contribution in [2.45, 2.75) is 6.92 Å². The van der Waals surface area contributed by atoms with Crippen LogP contribution in [0.25, 0.3) is 0 Å². The summed E-state index contributed by atoms with van der Waals surface area (Å²) >= 11 is 9.78. The second-order valence-corrected chi connectivity index (χ2v) is 6.79. The van der Waals surface area contributed by atoms with E-state index in [9.17, 15) is 4.79 Å². The van der Waals surface area contributed by atoms with Crippen molar-refractivity contribution in [3.8, 4) is 0 Å². The van der Waals surface area contributed by atoms with Crippen LogP contribution in [-0.2, 0) is 0 Å². The van der Waals surface area contributed by atoms with Crippen molar-refractivity contribution in [1.82, 2.24) is 0 Å². The van der Waals surface area contributed by atoms with Gasteiger partial charge in [-0.1, -0.05) is 17.7 Å². The highest BCUT2D eigenvalue weighted by atomic mass is 127. The van der Waals surface area contributed by atoms with Gasteiger partial charge in [0.2, 0.25) is 0 Å². The molecule has 0 saturated heterocycles. The highest BCUT2D eigenvalue weighted by molar-refractivity contribution is 14.1. The summed E-state index contributed by atoms with van der Waals surface area (Å²) in [6.07, 6.45) is 0. The number of anilines is 1. The van der Waals surface area contributed by atoms with E-state index >= 15 is 0 Å². The summed E-state index contributed by atoms with van der Waals surface area (Å²) in [4.78, 5) is 11.9. The minimum Gasteiger partial charge on any atom is -0.321 e. The Morgan fingerprint density at radius 2 is 2.18 bits per heavy atom. The van der Waals surface area contributed by atoms with Crippen LogP contribution in [0.4, 0.5) is 5.69 Å². The van der Waals surface area contributed by atoms with Gasteiger partial charge in [-0.25, -0.2) is 0 Å². The lowest BCUT2D eigenvalue weighted by atomic mass is 10.2. The number of amides is 1. The minimum absolute atomic E-state index is 0.130. The van der Waals surface area contributed by atoms with E-state index in [0.29, 0.717) is 16.3 Å². The summed E-state index contributed by atoms with van der Waals surface area (Å²) in [5.74, 6) is -0.130. The summed E-state index contributed by atoms with van der Waals surface area (Å²) in [6.45, 7) is 1.96. The average Bonchev–Trinajstić information content (AvgIpc) is 2.69. The van der Waals surface area contributed by atoms with Crippen LogP contribution >= 0.6 is 45.5 Å². The summed E-state index contributed by atoms with van der Waals surface area (Å²) < 4.78 is 1.09. The Morgan fingerprint density at radius 3 is 2.76 bits per heavy atom. The Bertz CT molecular complexity index is 567. The van der Waals surface area contributed by atoms with E-state index < -0.39 is 0 Å². The fourth-order valence-electron chi connectivity index (χ4n) is 1.35. The number of rotatable bonds is 2. The third-order valence-corrected chi connectivity index (χ3v) is 4.30. The topological polar surface area (TPSA) is 29.1 Å². The lowest BCUT2D eigenvalue weighted by Crippen LogP contribution is -2.11. The van der Waals surface area contributed by atoms with Gasteiger partial charge >= 0.3 is 0 Å². The zero-order valence-electron chi connectivity index (χ0n) is 8.96. The lowest BCUT2D eigenvalue weighted by molar-refractivity contribution is 0.102. The van der Waals surface area contributed by atoms with Gasteiger partial charge in [0, 0.05) is 5.38 Å². The molecule has 88 valence electrons. The van der Waals surface area contributed by atoms with Crippen LogP contribution in [0.1, 0.15) is 15.9 Å². The second-order valence-electron chi connectivity index (χ2n) is 3.58. The maximum Gasteiger partial charge on any atom is 0.256 e. The van der Waals surface area contributed by atoms with Crippen molar-refractivity contribution >= 4 is 57.1 Å². The van der Waals surface area contributed by atoms with Crippen molar-refractivity contribution in [2.24, 2.45) is 0 Å². The molecule has 1 N–H and O–H groups in total. The standard InChI is InChI=1S/C12H9ClINOS/c1-7-2-3-10(9(13)4-7)15-12(16)8-5-11(14)17-6-8/h2-6H,1H3,(H,15,16). The Morgan fingerprint density at radius 1 is 1.41 bits per heavy atom. The molecule has 0 bridgehead atoms. The molecule has 0 atom stereocenters. The normalized spacial score (nSPS) is 10.3. The SMILES string of the molecule is Cc1ccc(NC(=O)c2csc(I)c2)c(Cl)c1. The first-order valence-electron chi connectivity index (χ1n) is 4.88. The predicted molar refractivity (Wildman–Crippen MR) is 81.2 cm³/mol. The maximum absolute atomic E-state index is 11.9. The van der Waals surface area contributed by atoms with E-state index in [1.54, 1.807) is 11.3 Å². The third-order valence-electron chi connectivity index (χ3n) is 2.20. The van der Waals surface area contributed by atoms with E-state index in [4.69, 9.17) is 11.6 Å². The number of halogens is 2. The second kappa shape index (κ2) is 5.37. The van der Waals surface area contributed by atoms with Gasteiger partial charge in [-0.05, 0) is 53.3 Å². The molecule has 2 nitrogen and oxygen atoms in total. The molecule has 0 aliphatic carbocycles.